The Labute approximate surface area is 89.3 Å². The van der Waals surface area contributed by atoms with Gasteiger partial charge in [0.1, 0.15) is 11.8 Å². The molecule has 5 heteroatoms. The number of likely N-dealkylation sites (tertiary alicyclic amines) is 1. The second-order valence-corrected chi connectivity index (χ2v) is 4.55. The molecule has 15 heavy (non-hydrogen) atoms. The van der Waals surface area contributed by atoms with Crippen LogP contribution in [-0.2, 0) is 9.47 Å². The molecule has 0 saturated carbocycles. The van der Waals surface area contributed by atoms with Crippen LogP contribution < -0.4 is 0 Å². The van der Waals surface area contributed by atoms with Gasteiger partial charge in [0.2, 0.25) is 0 Å². The van der Waals surface area contributed by atoms with E-state index in [-0.39, 0.29) is 0 Å². The minimum Gasteiger partial charge on any atom is -0.444 e. The molecule has 1 heterocycles. The molecule has 1 saturated heterocycles. The summed E-state index contributed by atoms with van der Waals surface area (Å²) in [7, 11) is 0. The Balaban J connectivity index is 2.51. The van der Waals surface area contributed by atoms with Gasteiger partial charge in [-0.3, -0.25) is 4.90 Å². The minimum atomic E-state index is -0.871. The monoisotopic (exact) mass is 219 g/mol. The van der Waals surface area contributed by atoms with Crippen LogP contribution in [0.4, 0.5) is 9.18 Å². The van der Waals surface area contributed by atoms with E-state index in [9.17, 15) is 9.18 Å². The van der Waals surface area contributed by atoms with Crippen molar-refractivity contribution in [3.8, 4) is 0 Å². The smallest absolute Gasteiger partial charge is 0.412 e. The van der Waals surface area contributed by atoms with Crippen LogP contribution >= 0.6 is 0 Å². The summed E-state index contributed by atoms with van der Waals surface area (Å²) in [6, 6.07) is 0. The highest BCUT2D eigenvalue weighted by atomic mass is 19.1. The zero-order valence-electron chi connectivity index (χ0n) is 9.46. The average molecular weight is 219 g/mol. The topological polar surface area (TPSA) is 38.8 Å². The first-order valence-electron chi connectivity index (χ1n) is 5.11. The number of ether oxygens (including phenoxy) is 2. The maximum absolute atomic E-state index is 12.0. The maximum Gasteiger partial charge on any atom is 0.412 e. The van der Waals surface area contributed by atoms with Crippen LogP contribution in [0.5, 0.6) is 0 Å². The fraction of sp³-hybridized carbons (Fsp3) is 0.900. The van der Waals surface area contributed by atoms with Crippen LogP contribution in [0.25, 0.3) is 0 Å². The summed E-state index contributed by atoms with van der Waals surface area (Å²) in [6.45, 7) is 5.09. The third-order valence-corrected chi connectivity index (χ3v) is 2.08. The van der Waals surface area contributed by atoms with E-state index in [0.29, 0.717) is 13.0 Å². The van der Waals surface area contributed by atoms with Crippen LogP contribution in [0.3, 0.4) is 0 Å². The summed E-state index contributed by atoms with van der Waals surface area (Å²) >= 11 is 0. The Hall–Kier alpha value is -0.840. The van der Waals surface area contributed by atoms with Gasteiger partial charge in [-0.1, -0.05) is 0 Å². The van der Waals surface area contributed by atoms with E-state index in [0.717, 1.165) is 6.42 Å². The molecule has 1 aliphatic rings. The van der Waals surface area contributed by atoms with Gasteiger partial charge in [-0.25, -0.2) is 9.18 Å². The summed E-state index contributed by atoms with van der Waals surface area (Å²) in [4.78, 5) is 13.1. The summed E-state index contributed by atoms with van der Waals surface area (Å²) < 4.78 is 22.0. The number of hydrogen-bond acceptors (Lipinski definition) is 3. The van der Waals surface area contributed by atoms with Crippen molar-refractivity contribution in [1.82, 2.24) is 4.90 Å². The molecule has 1 aliphatic heterocycles. The first-order valence-corrected chi connectivity index (χ1v) is 5.11. The van der Waals surface area contributed by atoms with Crippen molar-refractivity contribution in [3.05, 3.63) is 0 Å². The number of halogens is 1. The van der Waals surface area contributed by atoms with Gasteiger partial charge in [0.05, 0.1) is 0 Å². The van der Waals surface area contributed by atoms with Crippen molar-refractivity contribution in [1.29, 1.82) is 0 Å². The van der Waals surface area contributed by atoms with E-state index in [4.69, 9.17) is 9.47 Å². The fourth-order valence-corrected chi connectivity index (χ4v) is 1.51. The van der Waals surface area contributed by atoms with Gasteiger partial charge in [-0.05, 0) is 33.6 Å². The highest BCUT2D eigenvalue weighted by molar-refractivity contribution is 5.68. The van der Waals surface area contributed by atoms with Crippen molar-refractivity contribution < 1.29 is 18.7 Å². The molecule has 0 radical (unpaired) electrons. The van der Waals surface area contributed by atoms with Crippen LogP contribution in [-0.4, -0.2) is 36.2 Å². The van der Waals surface area contributed by atoms with E-state index >= 15 is 0 Å². The number of rotatable bonds is 2. The number of hydrogen-bond donors (Lipinski definition) is 0. The first kappa shape index (κ1) is 12.2. The largest absolute Gasteiger partial charge is 0.444 e. The molecule has 1 amide bonds. The molecule has 4 nitrogen and oxygen atoms in total. The highest BCUT2D eigenvalue weighted by Gasteiger charge is 2.32. The number of nitrogens with zero attached hydrogens (tertiary/aromatic N) is 1. The predicted octanol–water partition coefficient (Wildman–Crippen LogP) is 2.29. The third kappa shape index (κ3) is 3.66. The Morgan fingerprint density at radius 3 is 2.73 bits per heavy atom. The Morgan fingerprint density at radius 2 is 2.20 bits per heavy atom. The van der Waals surface area contributed by atoms with Gasteiger partial charge in [-0.2, -0.15) is 0 Å². The Morgan fingerprint density at radius 1 is 1.53 bits per heavy atom. The molecule has 1 unspecified atom stereocenters. The standard InChI is InChI=1S/C10H18FNO3/c1-10(2,3)15-9(13)12-6-4-5-8(12)14-7-11/h8H,4-7H2,1-3H3. The summed E-state index contributed by atoms with van der Waals surface area (Å²) in [5, 5.41) is 0. The van der Waals surface area contributed by atoms with Gasteiger partial charge in [-0.15, -0.1) is 0 Å². The van der Waals surface area contributed by atoms with Crippen molar-refractivity contribution in [2.45, 2.75) is 45.4 Å². The lowest BCUT2D eigenvalue weighted by molar-refractivity contribution is -0.0757. The molecule has 1 fully saturated rings. The molecular formula is C10H18FNO3. The molecule has 1 rings (SSSR count). The summed E-state index contributed by atoms with van der Waals surface area (Å²) in [6.07, 6.45) is 0.593. The maximum atomic E-state index is 12.0. The lowest BCUT2D eigenvalue weighted by Crippen LogP contribution is -2.40. The lowest BCUT2D eigenvalue weighted by atomic mass is 10.2. The number of carbonyl (C=O) groups is 1. The van der Waals surface area contributed by atoms with E-state index in [1.54, 1.807) is 20.8 Å². The van der Waals surface area contributed by atoms with Gasteiger partial charge in [0.25, 0.3) is 0 Å². The van der Waals surface area contributed by atoms with Crippen LogP contribution in [0.1, 0.15) is 33.6 Å². The predicted molar refractivity (Wildman–Crippen MR) is 53.0 cm³/mol. The minimum absolute atomic E-state index is 0.432. The van der Waals surface area contributed by atoms with Crippen LogP contribution in [0, 0.1) is 0 Å². The van der Waals surface area contributed by atoms with E-state index < -0.39 is 24.8 Å². The fourth-order valence-electron chi connectivity index (χ4n) is 1.51. The van der Waals surface area contributed by atoms with E-state index in [2.05, 4.69) is 0 Å². The van der Waals surface area contributed by atoms with E-state index in [1.165, 1.54) is 4.90 Å². The first-order chi connectivity index (χ1) is 6.94. The van der Waals surface area contributed by atoms with Crippen molar-refractivity contribution >= 4 is 6.09 Å². The Kier molecular flexibility index (Phi) is 3.90. The zero-order chi connectivity index (χ0) is 11.5. The number of amides is 1. The Bertz CT molecular complexity index is 227. The average Bonchev–Trinajstić information content (AvgIpc) is 2.49. The molecule has 0 N–H and O–H groups in total. The third-order valence-electron chi connectivity index (χ3n) is 2.08. The molecule has 0 aliphatic carbocycles. The second kappa shape index (κ2) is 4.79. The molecule has 88 valence electrons. The molecular weight excluding hydrogens is 201 g/mol. The normalized spacial score (nSPS) is 21.9. The van der Waals surface area contributed by atoms with Gasteiger partial charge < -0.3 is 9.47 Å². The van der Waals surface area contributed by atoms with Crippen molar-refractivity contribution in [2.75, 3.05) is 13.4 Å². The van der Waals surface area contributed by atoms with Crippen LogP contribution in [0.15, 0.2) is 0 Å². The molecule has 1 atom stereocenters. The molecule has 0 spiro atoms. The van der Waals surface area contributed by atoms with Gasteiger partial charge in [0, 0.05) is 6.54 Å². The number of alkyl halides is 1. The summed E-state index contributed by atoms with van der Waals surface area (Å²) in [5.41, 5.74) is -0.528. The van der Waals surface area contributed by atoms with Crippen molar-refractivity contribution in [2.24, 2.45) is 0 Å². The quantitative estimate of drug-likeness (QED) is 0.715. The second-order valence-electron chi connectivity index (χ2n) is 4.55. The van der Waals surface area contributed by atoms with Crippen molar-refractivity contribution in [3.63, 3.8) is 0 Å². The van der Waals surface area contributed by atoms with Gasteiger partial charge >= 0.3 is 6.09 Å². The lowest BCUT2D eigenvalue weighted by Gasteiger charge is -2.27. The molecule has 0 aromatic heterocycles. The SMILES string of the molecule is CC(C)(C)OC(=O)N1CCCC1OCF. The summed E-state index contributed by atoms with van der Waals surface area (Å²) in [5.74, 6) is 0. The molecule has 0 bridgehead atoms. The highest BCUT2D eigenvalue weighted by Crippen LogP contribution is 2.21. The zero-order valence-corrected chi connectivity index (χ0v) is 9.46. The van der Waals surface area contributed by atoms with E-state index in [1.807, 2.05) is 0 Å². The molecule has 0 aromatic rings. The van der Waals surface area contributed by atoms with Gasteiger partial charge in [0.15, 0.2) is 6.86 Å². The molecule has 0 aromatic carbocycles. The number of carbonyl (C=O) groups excluding carboxylic acids is 1. The van der Waals surface area contributed by atoms with Crippen LogP contribution in [0.2, 0.25) is 0 Å².